The standard InChI is InChI=1S/C15H18F3NO2/c1-14(13(20)21-2,19-9-10-3-4-10)11-5-7-12(8-6-11)15(16,17)18/h5-8,10,19H,3-4,9H2,1-2H3. The number of hydrogen-bond acceptors (Lipinski definition) is 3. The molecule has 0 spiro atoms. The Bertz CT molecular complexity index is 509. The van der Waals surface area contributed by atoms with Gasteiger partial charge in [-0.3, -0.25) is 5.32 Å². The third kappa shape index (κ3) is 3.56. The number of ether oxygens (including phenoxy) is 1. The smallest absolute Gasteiger partial charge is 0.416 e. The molecule has 0 aliphatic heterocycles. The second-order valence-electron chi connectivity index (χ2n) is 5.52. The Morgan fingerprint density at radius 2 is 1.76 bits per heavy atom. The minimum Gasteiger partial charge on any atom is -0.467 e. The van der Waals surface area contributed by atoms with Crippen LogP contribution >= 0.6 is 0 Å². The van der Waals surface area contributed by atoms with Crippen LogP contribution in [0.5, 0.6) is 0 Å². The fourth-order valence-corrected chi connectivity index (χ4v) is 2.16. The monoisotopic (exact) mass is 301 g/mol. The van der Waals surface area contributed by atoms with Gasteiger partial charge in [0.05, 0.1) is 12.7 Å². The molecule has 0 amide bonds. The number of benzene rings is 1. The molecule has 0 aromatic heterocycles. The van der Waals surface area contributed by atoms with Crippen LogP contribution in [0, 0.1) is 5.92 Å². The van der Waals surface area contributed by atoms with Gasteiger partial charge in [-0.15, -0.1) is 0 Å². The minimum atomic E-state index is -4.39. The van der Waals surface area contributed by atoms with Gasteiger partial charge in [-0.25, -0.2) is 4.79 Å². The molecule has 0 radical (unpaired) electrons. The van der Waals surface area contributed by atoms with Crippen molar-refractivity contribution in [2.24, 2.45) is 5.92 Å². The van der Waals surface area contributed by atoms with Crippen LogP contribution in [0.25, 0.3) is 0 Å². The number of esters is 1. The summed E-state index contributed by atoms with van der Waals surface area (Å²) in [6.07, 6.45) is -2.17. The van der Waals surface area contributed by atoms with Crippen molar-refractivity contribution in [1.29, 1.82) is 0 Å². The Hall–Kier alpha value is -1.56. The summed E-state index contributed by atoms with van der Waals surface area (Å²) in [6, 6.07) is 4.60. The van der Waals surface area contributed by atoms with Crippen molar-refractivity contribution in [3.63, 3.8) is 0 Å². The summed E-state index contributed by atoms with van der Waals surface area (Å²) >= 11 is 0. The fraction of sp³-hybridized carbons (Fsp3) is 0.533. The normalized spacial score (nSPS) is 18.1. The maximum atomic E-state index is 12.6. The Balaban J connectivity index is 2.24. The molecule has 1 aliphatic carbocycles. The van der Waals surface area contributed by atoms with Gasteiger partial charge >= 0.3 is 12.1 Å². The van der Waals surface area contributed by atoms with Crippen molar-refractivity contribution in [2.75, 3.05) is 13.7 Å². The molecule has 2 rings (SSSR count). The molecule has 1 fully saturated rings. The van der Waals surface area contributed by atoms with E-state index in [4.69, 9.17) is 4.74 Å². The van der Waals surface area contributed by atoms with Crippen molar-refractivity contribution in [1.82, 2.24) is 5.32 Å². The minimum absolute atomic E-state index is 0.461. The number of rotatable bonds is 5. The van der Waals surface area contributed by atoms with Gasteiger partial charge in [-0.1, -0.05) is 12.1 Å². The first-order valence-corrected chi connectivity index (χ1v) is 6.78. The molecule has 0 bridgehead atoms. The maximum Gasteiger partial charge on any atom is 0.416 e. The SMILES string of the molecule is COC(=O)C(C)(NCC1CC1)c1ccc(C(F)(F)F)cc1. The highest BCUT2D eigenvalue weighted by Gasteiger charge is 2.38. The third-order valence-corrected chi connectivity index (χ3v) is 3.82. The molecule has 116 valence electrons. The molecule has 1 N–H and O–H groups in total. The zero-order chi connectivity index (χ0) is 15.7. The topological polar surface area (TPSA) is 38.3 Å². The number of methoxy groups -OCH3 is 1. The first kappa shape index (κ1) is 15.8. The summed E-state index contributed by atoms with van der Waals surface area (Å²) in [4.78, 5) is 12.0. The van der Waals surface area contributed by atoms with E-state index in [0.29, 0.717) is 18.0 Å². The van der Waals surface area contributed by atoms with Crippen molar-refractivity contribution in [3.05, 3.63) is 35.4 Å². The summed E-state index contributed by atoms with van der Waals surface area (Å²) in [5.74, 6) is 0.0198. The van der Waals surface area contributed by atoms with Gasteiger partial charge in [0.25, 0.3) is 0 Å². The number of halogens is 3. The number of alkyl halides is 3. The first-order chi connectivity index (χ1) is 9.77. The molecular formula is C15H18F3NO2. The van der Waals surface area contributed by atoms with Gasteiger partial charge in [-0.05, 0) is 49.9 Å². The van der Waals surface area contributed by atoms with E-state index in [1.807, 2.05) is 0 Å². The molecule has 1 aliphatic rings. The van der Waals surface area contributed by atoms with Crippen molar-refractivity contribution >= 4 is 5.97 Å². The van der Waals surface area contributed by atoms with E-state index in [2.05, 4.69) is 5.32 Å². The van der Waals surface area contributed by atoms with E-state index >= 15 is 0 Å². The zero-order valence-corrected chi connectivity index (χ0v) is 12.0. The molecular weight excluding hydrogens is 283 g/mol. The largest absolute Gasteiger partial charge is 0.467 e. The Morgan fingerprint density at radius 1 is 1.24 bits per heavy atom. The van der Waals surface area contributed by atoms with E-state index in [-0.39, 0.29) is 0 Å². The average Bonchev–Trinajstić information content (AvgIpc) is 3.27. The van der Waals surface area contributed by atoms with Crippen molar-refractivity contribution < 1.29 is 22.7 Å². The van der Waals surface area contributed by atoms with Crippen LogP contribution in [0.1, 0.15) is 30.9 Å². The highest BCUT2D eigenvalue weighted by molar-refractivity contribution is 5.82. The van der Waals surface area contributed by atoms with Gasteiger partial charge in [-0.2, -0.15) is 13.2 Å². The van der Waals surface area contributed by atoms with Crippen LogP contribution in [0.4, 0.5) is 13.2 Å². The molecule has 1 saturated carbocycles. The van der Waals surface area contributed by atoms with Crippen LogP contribution in [0.3, 0.4) is 0 Å². The third-order valence-electron chi connectivity index (χ3n) is 3.82. The van der Waals surface area contributed by atoms with Crippen LogP contribution in [0.15, 0.2) is 24.3 Å². The number of carbonyl (C=O) groups excluding carboxylic acids is 1. The summed E-state index contributed by atoms with van der Waals surface area (Å²) < 4.78 is 42.6. The van der Waals surface area contributed by atoms with Crippen molar-refractivity contribution in [3.8, 4) is 0 Å². The lowest BCUT2D eigenvalue weighted by molar-refractivity contribution is -0.148. The van der Waals surface area contributed by atoms with E-state index in [1.54, 1.807) is 6.92 Å². The summed E-state index contributed by atoms with van der Waals surface area (Å²) in [5, 5.41) is 3.13. The van der Waals surface area contributed by atoms with Crippen LogP contribution in [-0.4, -0.2) is 19.6 Å². The molecule has 1 aromatic rings. The predicted octanol–water partition coefficient (Wildman–Crippen LogP) is 3.09. The molecule has 3 nitrogen and oxygen atoms in total. The van der Waals surface area contributed by atoms with Crippen LogP contribution in [-0.2, 0) is 21.2 Å². The first-order valence-electron chi connectivity index (χ1n) is 6.78. The average molecular weight is 301 g/mol. The Kier molecular flexibility index (Phi) is 4.27. The van der Waals surface area contributed by atoms with Crippen LogP contribution < -0.4 is 5.32 Å². The second-order valence-corrected chi connectivity index (χ2v) is 5.52. The second kappa shape index (κ2) is 5.67. The van der Waals surface area contributed by atoms with E-state index in [9.17, 15) is 18.0 Å². The van der Waals surface area contributed by atoms with E-state index in [1.165, 1.54) is 19.2 Å². The molecule has 1 atom stereocenters. The van der Waals surface area contributed by atoms with Gasteiger partial charge in [0.1, 0.15) is 5.54 Å². The Labute approximate surface area is 121 Å². The summed E-state index contributed by atoms with van der Waals surface area (Å²) in [7, 11) is 1.27. The van der Waals surface area contributed by atoms with Gasteiger partial charge < -0.3 is 4.74 Å². The fourth-order valence-electron chi connectivity index (χ4n) is 2.16. The van der Waals surface area contributed by atoms with Crippen LogP contribution in [0.2, 0.25) is 0 Å². The predicted molar refractivity (Wildman–Crippen MR) is 71.5 cm³/mol. The molecule has 6 heteroatoms. The van der Waals surface area contributed by atoms with Gasteiger partial charge in [0.2, 0.25) is 0 Å². The lowest BCUT2D eigenvalue weighted by Gasteiger charge is -2.29. The lowest BCUT2D eigenvalue weighted by atomic mass is 9.91. The summed E-state index contributed by atoms with van der Waals surface area (Å²) in [5.41, 5.74) is -1.41. The van der Waals surface area contributed by atoms with Crippen molar-refractivity contribution in [2.45, 2.75) is 31.5 Å². The van der Waals surface area contributed by atoms with E-state index < -0.39 is 23.2 Å². The quantitative estimate of drug-likeness (QED) is 0.849. The summed E-state index contributed by atoms with van der Waals surface area (Å²) in [6.45, 7) is 2.27. The zero-order valence-electron chi connectivity index (χ0n) is 12.0. The molecule has 1 unspecified atom stereocenters. The molecule has 0 heterocycles. The Morgan fingerprint density at radius 3 is 2.19 bits per heavy atom. The molecule has 0 saturated heterocycles. The number of hydrogen-bond donors (Lipinski definition) is 1. The number of carbonyl (C=O) groups is 1. The van der Waals surface area contributed by atoms with Gasteiger partial charge in [0, 0.05) is 0 Å². The van der Waals surface area contributed by atoms with E-state index in [0.717, 1.165) is 25.0 Å². The lowest BCUT2D eigenvalue weighted by Crippen LogP contribution is -2.48. The highest BCUT2D eigenvalue weighted by atomic mass is 19.4. The maximum absolute atomic E-state index is 12.6. The molecule has 1 aromatic carbocycles. The highest BCUT2D eigenvalue weighted by Crippen LogP contribution is 2.33. The molecule has 21 heavy (non-hydrogen) atoms. The number of nitrogens with one attached hydrogen (secondary N) is 1. The van der Waals surface area contributed by atoms with Gasteiger partial charge in [0.15, 0.2) is 0 Å².